The fourth-order valence-electron chi connectivity index (χ4n) is 3.12. The van der Waals surface area contributed by atoms with Crippen LogP contribution in [0.3, 0.4) is 0 Å². The zero-order chi connectivity index (χ0) is 23.0. The Kier molecular flexibility index (Phi) is 5.68. The first-order chi connectivity index (χ1) is 15.2. The van der Waals surface area contributed by atoms with Crippen LogP contribution < -0.4 is 28.1 Å². The molecule has 0 radical (unpaired) electrons. The van der Waals surface area contributed by atoms with E-state index >= 15 is 0 Å². The largest absolute Gasteiger partial charge is 0.384 e. The summed E-state index contributed by atoms with van der Waals surface area (Å²) in [7, 11) is 0. The molecule has 4 rings (SSSR count). The predicted molar refractivity (Wildman–Crippen MR) is 123 cm³/mol. The Labute approximate surface area is 190 Å². The second-order valence-corrected chi connectivity index (χ2v) is 7.49. The summed E-state index contributed by atoms with van der Waals surface area (Å²) in [5.41, 5.74) is 17.1. The van der Waals surface area contributed by atoms with E-state index in [2.05, 4.69) is 25.3 Å². The second-order valence-electron chi connectivity index (χ2n) is 6.70. The van der Waals surface area contributed by atoms with Crippen molar-refractivity contribution in [3.63, 3.8) is 0 Å². The van der Waals surface area contributed by atoms with Gasteiger partial charge in [-0.2, -0.15) is 9.97 Å². The highest BCUT2D eigenvalue weighted by Gasteiger charge is 2.17. The van der Waals surface area contributed by atoms with E-state index in [1.807, 2.05) is 0 Å². The molecule has 0 aliphatic carbocycles. The molecule has 164 valence electrons. The SMILES string of the molecule is Nc1ccc(-n2c(CCNc3nc(N)nc(N)c3Cl)nc3c(Cl)cc(F)cc3c2=O)cn1. The van der Waals surface area contributed by atoms with Crippen LogP contribution in [0.4, 0.5) is 27.8 Å². The molecular weight excluding hydrogens is 460 g/mol. The molecule has 4 aromatic rings. The van der Waals surface area contributed by atoms with E-state index in [9.17, 15) is 9.18 Å². The molecule has 0 saturated carbocycles. The molecule has 0 amide bonds. The van der Waals surface area contributed by atoms with Gasteiger partial charge in [-0.05, 0) is 24.3 Å². The van der Waals surface area contributed by atoms with Crippen LogP contribution in [0.1, 0.15) is 5.82 Å². The number of aromatic nitrogens is 5. The van der Waals surface area contributed by atoms with Crippen molar-refractivity contribution in [1.82, 2.24) is 24.5 Å². The average Bonchev–Trinajstić information content (AvgIpc) is 2.73. The standard InChI is InChI=1S/C19H16Cl2FN9O/c20-11-6-8(22)5-10-15(11)28-13(31(18(10)32)9-1-2-12(23)27-7-9)3-4-26-17-14(21)16(24)29-19(25)30-17/h1-2,5-7H,3-4H2,(H2,23,27)(H5,24,25,26,29,30). The number of nitrogens with two attached hydrogens (primary N) is 3. The molecule has 3 heterocycles. The summed E-state index contributed by atoms with van der Waals surface area (Å²) in [5, 5.41) is 3.16. The monoisotopic (exact) mass is 475 g/mol. The summed E-state index contributed by atoms with van der Waals surface area (Å²) in [4.78, 5) is 29.6. The lowest BCUT2D eigenvalue weighted by atomic mass is 10.2. The van der Waals surface area contributed by atoms with Gasteiger partial charge in [-0.15, -0.1) is 0 Å². The molecule has 10 nitrogen and oxygen atoms in total. The molecule has 0 saturated heterocycles. The van der Waals surface area contributed by atoms with Crippen molar-refractivity contribution >= 4 is 57.5 Å². The van der Waals surface area contributed by atoms with E-state index in [0.717, 1.165) is 12.1 Å². The summed E-state index contributed by atoms with van der Waals surface area (Å²) in [6, 6.07) is 5.34. The number of pyridine rings is 1. The predicted octanol–water partition coefficient (Wildman–Crippen LogP) is 2.42. The highest BCUT2D eigenvalue weighted by atomic mass is 35.5. The summed E-state index contributed by atoms with van der Waals surface area (Å²) in [6.07, 6.45) is 1.65. The molecule has 0 atom stereocenters. The van der Waals surface area contributed by atoms with Crippen LogP contribution in [0.5, 0.6) is 0 Å². The number of benzene rings is 1. The number of anilines is 4. The Bertz CT molecular complexity index is 1390. The number of hydrogen-bond acceptors (Lipinski definition) is 9. The lowest BCUT2D eigenvalue weighted by Gasteiger charge is -2.15. The topological polar surface area (TPSA) is 164 Å². The van der Waals surface area contributed by atoms with Crippen LogP contribution in [0.2, 0.25) is 10.0 Å². The summed E-state index contributed by atoms with van der Waals surface area (Å²) in [6.45, 7) is 0.245. The van der Waals surface area contributed by atoms with Crippen LogP contribution in [0, 0.1) is 5.82 Å². The second kappa shape index (κ2) is 8.44. The molecule has 0 aliphatic rings. The molecule has 0 fully saturated rings. The van der Waals surface area contributed by atoms with E-state index in [1.54, 1.807) is 12.1 Å². The zero-order valence-electron chi connectivity index (χ0n) is 16.3. The maximum Gasteiger partial charge on any atom is 0.266 e. The minimum absolute atomic E-state index is 0.0216. The average molecular weight is 476 g/mol. The number of nitrogens with one attached hydrogen (secondary N) is 1. The van der Waals surface area contributed by atoms with E-state index in [0.29, 0.717) is 11.5 Å². The van der Waals surface area contributed by atoms with Gasteiger partial charge >= 0.3 is 0 Å². The Balaban J connectivity index is 1.78. The van der Waals surface area contributed by atoms with E-state index in [-0.39, 0.29) is 57.3 Å². The van der Waals surface area contributed by atoms with Crippen LogP contribution in [-0.4, -0.2) is 31.0 Å². The van der Waals surface area contributed by atoms with Crippen molar-refractivity contribution < 1.29 is 4.39 Å². The normalized spacial score (nSPS) is 11.1. The van der Waals surface area contributed by atoms with Gasteiger partial charge in [0.25, 0.3) is 5.56 Å². The van der Waals surface area contributed by atoms with Crippen LogP contribution >= 0.6 is 23.2 Å². The van der Waals surface area contributed by atoms with Crippen molar-refractivity contribution in [2.75, 3.05) is 29.1 Å². The van der Waals surface area contributed by atoms with Gasteiger partial charge in [0.2, 0.25) is 5.95 Å². The van der Waals surface area contributed by atoms with Crippen LogP contribution in [0.15, 0.2) is 35.3 Å². The lowest BCUT2D eigenvalue weighted by Crippen LogP contribution is -2.26. The highest BCUT2D eigenvalue weighted by Crippen LogP contribution is 2.26. The minimum atomic E-state index is -0.647. The van der Waals surface area contributed by atoms with Crippen molar-refractivity contribution in [2.45, 2.75) is 6.42 Å². The summed E-state index contributed by atoms with van der Waals surface area (Å²) < 4.78 is 15.2. The quantitative estimate of drug-likeness (QED) is 0.339. The Morgan fingerprint density at radius 1 is 1.09 bits per heavy atom. The Morgan fingerprint density at radius 3 is 2.59 bits per heavy atom. The van der Waals surface area contributed by atoms with Crippen LogP contribution in [0.25, 0.3) is 16.6 Å². The molecule has 0 bridgehead atoms. The lowest BCUT2D eigenvalue weighted by molar-refractivity contribution is 0.629. The first-order valence-electron chi connectivity index (χ1n) is 9.19. The molecule has 7 N–H and O–H groups in total. The van der Waals surface area contributed by atoms with E-state index in [4.69, 9.17) is 40.4 Å². The first-order valence-corrected chi connectivity index (χ1v) is 9.95. The highest BCUT2D eigenvalue weighted by molar-refractivity contribution is 6.35. The smallest absolute Gasteiger partial charge is 0.266 e. The van der Waals surface area contributed by atoms with E-state index < -0.39 is 11.4 Å². The molecule has 1 aromatic carbocycles. The molecule has 0 spiro atoms. The third-order valence-corrected chi connectivity index (χ3v) is 5.19. The first kappa shape index (κ1) is 21.5. The Morgan fingerprint density at radius 2 is 1.88 bits per heavy atom. The molecule has 32 heavy (non-hydrogen) atoms. The minimum Gasteiger partial charge on any atom is -0.384 e. The number of hydrogen-bond donors (Lipinski definition) is 4. The van der Waals surface area contributed by atoms with Crippen molar-refractivity contribution in [2.24, 2.45) is 0 Å². The third-order valence-electron chi connectivity index (χ3n) is 4.52. The number of nitrogens with zero attached hydrogens (tertiary/aromatic N) is 5. The van der Waals surface area contributed by atoms with Gasteiger partial charge in [-0.25, -0.2) is 14.4 Å². The van der Waals surface area contributed by atoms with Gasteiger partial charge in [-0.3, -0.25) is 9.36 Å². The van der Waals surface area contributed by atoms with Gasteiger partial charge in [0.15, 0.2) is 5.82 Å². The fraction of sp³-hybridized carbons (Fsp3) is 0.105. The molecule has 13 heteroatoms. The van der Waals surface area contributed by atoms with Crippen molar-refractivity contribution in [3.05, 3.63) is 62.5 Å². The molecule has 3 aromatic heterocycles. The van der Waals surface area contributed by atoms with E-state index in [1.165, 1.54) is 10.8 Å². The van der Waals surface area contributed by atoms with Gasteiger partial charge in [0.1, 0.15) is 28.3 Å². The van der Waals surface area contributed by atoms with Gasteiger partial charge in [0.05, 0.1) is 27.8 Å². The zero-order valence-corrected chi connectivity index (χ0v) is 17.8. The maximum atomic E-state index is 13.9. The number of rotatable bonds is 5. The summed E-state index contributed by atoms with van der Waals surface area (Å²) >= 11 is 12.3. The fourth-order valence-corrected chi connectivity index (χ4v) is 3.52. The van der Waals surface area contributed by atoms with Crippen LogP contribution in [-0.2, 0) is 6.42 Å². The van der Waals surface area contributed by atoms with Crippen molar-refractivity contribution in [3.8, 4) is 5.69 Å². The van der Waals surface area contributed by atoms with Gasteiger partial charge in [-0.1, -0.05) is 23.2 Å². The molecule has 0 aliphatic heterocycles. The number of nitrogen functional groups attached to an aromatic ring is 3. The Hall–Kier alpha value is -3.70. The third kappa shape index (κ3) is 4.07. The number of halogens is 3. The van der Waals surface area contributed by atoms with Crippen molar-refractivity contribution in [1.29, 1.82) is 0 Å². The molecular formula is C19H16Cl2FN9O. The molecule has 0 unspecified atom stereocenters. The number of fused-ring (bicyclic) bond motifs is 1. The maximum absolute atomic E-state index is 13.9. The van der Waals surface area contributed by atoms with Gasteiger partial charge in [0, 0.05) is 13.0 Å². The van der Waals surface area contributed by atoms with Gasteiger partial charge < -0.3 is 22.5 Å². The summed E-state index contributed by atoms with van der Waals surface area (Å²) in [5.74, 6) is 0.190.